The van der Waals surface area contributed by atoms with Gasteiger partial charge in [-0.1, -0.05) is 19.3 Å². The number of hydrogen-bond acceptors (Lipinski definition) is 6. The number of nitrogens with zero attached hydrogens (tertiary/aromatic N) is 4. The van der Waals surface area contributed by atoms with E-state index in [2.05, 4.69) is 9.97 Å². The van der Waals surface area contributed by atoms with E-state index in [1.165, 1.54) is 18.8 Å². The number of nitrogens with one attached hydrogen (secondary N) is 1. The molecule has 0 unspecified atom stereocenters. The van der Waals surface area contributed by atoms with Crippen molar-refractivity contribution in [2.24, 2.45) is 5.92 Å². The summed E-state index contributed by atoms with van der Waals surface area (Å²) in [5.41, 5.74) is 1.75. The minimum absolute atomic E-state index is 0.201. The maximum Gasteiger partial charge on any atom is 0.277 e. The first-order chi connectivity index (χ1) is 11.7. The first-order valence-corrected chi connectivity index (χ1v) is 8.49. The molecule has 3 rings (SSSR count). The molecule has 2 aliphatic rings. The number of aromatic nitrogens is 2. The Morgan fingerprint density at radius 2 is 1.67 bits per heavy atom. The zero-order valence-corrected chi connectivity index (χ0v) is 13.6. The second-order valence-corrected chi connectivity index (χ2v) is 6.36. The van der Waals surface area contributed by atoms with Crippen LogP contribution in [0.4, 0.5) is 5.95 Å². The Labute approximate surface area is 140 Å². The summed E-state index contributed by atoms with van der Waals surface area (Å²) in [6, 6.07) is 0. The van der Waals surface area contributed by atoms with Crippen molar-refractivity contribution in [3.63, 3.8) is 0 Å². The molecule has 8 heteroatoms. The van der Waals surface area contributed by atoms with Gasteiger partial charge in [0.2, 0.25) is 11.9 Å². The summed E-state index contributed by atoms with van der Waals surface area (Å²) in [5, 5.41) is 8.59. The molecule has 1 aliphatic heterocycles. The molecule has 8 nitrogen and oxygen atoms in total. The maximum atomic E-state index is 12.6. The van der Waals surface area contributed by atoms with E-state index in [1.54, 1.807) is 5.48 Å². The zero-order valence-electron chi connectivity index (χ0n) is 13.6. The number of amides is 2. The summed E-state index contributed by atoms with van der Waals surface area (Å²) in [5.74, 6) is 0.404. The third-order valence-electron chi connectivity index (χ3n) is 4.83. The largest absolute Gasteiger partial charge is 0.339 e. The van der Waals surface area contributed by atoms with E-state index in [4.69, 9.17) is 5.21 Å². The summed E-state index contributed by atoms with van der Waals surface area (Å²) < 4.78 is 0. The Bertz CT molecular complexity index is 578. The van der Waals surface area contributed by atoms with Crippen LogP contribution in [0.1, 0.15) is 42.5 Å². The van der Waals surface area contributed by atoms with E-state index < -0.39 is 5.91 Å². The highest BCUT2D eigenvalue weighted by atomic mass is 16.5. The van der Waals surface area contributed by atoms with Crippen molar-refractivity contribution in [2.45, 2.75) is 32.1 Å². The van der Waals surface area contributed by atoms with Gasteiger partial charge in [0.25, 0.3) is 5.91 Å². The van der Waals surface area contributed by atoms with E-state index in [-0.39, 0.29) is 11.5 Å². The molecule has 1 aliphatic carbocycles. The molecule has 1 aromatic rings. The van der Waals surface area contributed by atoms with E-state index in [0.29, 0.717) is 38.0 Å². The number of piperazine rings is 1. The Hall–Kier alpha value is -2.22. The fourth-order valence-corrected chi connectivity index (χ4v) is 3.40. The maximum absolute atomic E-state index is 12.6. The third kappa shape index (κ3) is 3.64. The van der Waals surface area contributed by atoms with Crippen LogP contribution in [-0.4, -0.2) is 58.1 Å². The van der Waals surface area contributed by atoms with Crippen LogP contribution in [0, 0.1) is 5.92 Å². The van der Waals surface area contributed by atoms with E-state index in [9.17, 15) is 9.59 Å². The predicted molar refractivity (Wildman–Crippen MR) is 86.7 cm³/mol. The van der Waals surface area contributed by atoms with Crippen molar-refractivity contribution in [3.05, 3.63) is 18.0 Å². The molecular weight excluding hydrogens is 310 g/mol. The van der Waals surface area contributed by atoms with Gasteiger partial charge in [-0.2, -0.15) is 0 Å². The Kier molecular flexibility index (Phi) is 5.24. The number of hydrogen-bond donors (Lipinski definition) is 2. The number of carbonyl (C=O) groups excluding carboxylic acids is 2. The molecule has 0 bridgehead atoms. The molecule has 2 fully saturated rings. The lowest BCUT2D eigenvalue weighted by Gasteiger charge is -2.37. The standard InChI is InChI=1S/C16H23N5O3/c22-14(19-24)13-10-17-16(18-11-13)21-8-6-20(7-9-21)15(23)12-4-2-1-3-5-12/h10-12,24H,1-9H2,(H,19,22). The Morgan fingerprint density at radius 3 is 2.25 bits per heavy atom. The summed E-state index contributed by atoms with van der Waals surface area (Å²) >= 11 is 0. The number of hydroxylamine groups is 1. The van der Waals surface area contributed by atoms with Crippen molar-refractivity contribution >= 4 is 17.8 Å². The van der Waals surface area contributed by atoms with Crippen LogP contribution in [0.15, 0.2) is 12.4 Å². The summed E-state index contributed by atoms with van der Waals surface area (Å²) in [6.07, 6.45) is 8.39. The average molecular weight is 333 g/mol. The van der Waals surface area contributed by atoms with Gasteiger partial charge >= 0.3 is 0 Å². The third-order valence-corrected chi connectivity index (χ3v) is 4.83. The fraction of sp³-hybridized carbons (Fsp3) is 0.625. The topological polar surface area (TPSA) is 98.7 Å². The lowest BCUT2D eigenvalue weighted by atomic mass is 9.88. The van der Waals surface area contributed by atoms with Crippen molar-refractivity contribution < 1.29 is 14.8 Å². The normalized spacial score (nSPS) is 19.2. The monoisotopic (exact) mass is 333 g/mol. The van der Waals surface area contributed by atoms with Crippen LogP contribution in [0.5, 0.6) is 0 Å². The van der Waals surface area contributed by atoms with Crippen LogP contribution in [0.3, 0.4) is 0 Å². The van der Waals surface area contributed by atoms with Gasteiger partial charge in [-0.25, -0.2) is 15.4 Å². The summed E-state index contributed by atoms with van der Waals surface area (Å²) in [7, 11) is 0. The lowest BCUT2D eigenvalue weighted by molar-refractivity contribution is -0.136. The van der Waals surface area contributed by atoms with Crippen molar-refractivity contribution in [3.8, 4) is 0 Å². The number of anilines is 1. The number of rotatable bonds is 3. The summed E-state index contributed by atoms with van der Waals surface area (Å²) in [4.78, 5) is 36.1. The second-order valence-electron chi connectivity index (χ2n) is 6.36. The van der Waals surface area contributed by atoms with Crippen molar-refractivity contribution in [1.29, 1.82) is 0 Å². The molecule has 0 spiro atoms. The van der Waals surface area contributed by atoms with Gasteiger partial charge in [0, 0.05) is 44.5 Å². The van der Waals surface area contributed by atoms with E-state index in [0.717, 1.165) is 25.7 Å². The van der Waals surface area contributed by atoms with Crippen LogP contribution in [0.25, 0.3) is 0 Å². The molecule has 1 aromatic heterocycles. The van der Waals surface area contributed by atoms with Gasteiger partial charge in [-0.3, -0.25) is 14.8 Å². The quantitative estimate of drug-likeness (QED) is 0.628. The highest BCUT2D eigenvalue weighted by Crippen LogP contribution is 2.26. The van der Waals surface area contributed by atoms with Crippen LogP contribution in [-0.2, 0) is 4.79 Å². The van der Waals surface area contributed by atoms with Gasteiger partial charge < -0.3 is 9.80 Å². The van der Waals surface area contributed by atoms with Crippen LogP contribution in [0.2, 0.25) is 0 Å². The molecule has 0 aromatic carbocycles. The molecule has 0 atom stereocenters. The van der Waals surface area contributed by atoms with E-state index >= 15 is 0 Å². The van der Waals surface area contributed by atoms with Crippen LogP contribution >= 0.6 is 0 Å². The molecule has 2 amide bonds. The fourth-order valence-electron chi connectivity index (χ4n) is 3.40. The molecule has 1 saturated carbocycles. The first kappa shape index (κ1) is 16.6. The van der Waals surface area contributed by atoms with Crippen molar-refractivity contribution in [1.82, 2.24) is 20.3 Å². The SMILES string of the molecule is O=C(NO)c1cnc(N2CCN(C(=O)C3CCCCC3)CC2)nc1. The summed E-state index contributed by atoms with van der Waals surface area (Å²) in [6.45, 7) is 2.73. The van der Waals surface area contributed by atoms with Gasteiger partial charge in [-0.05, 0) is 12.8 Å². The molecule has 130 valence electrons. The average Bonchev–Trinajstić information content (AvgIpc) is 2.68. The Morgan fingerprint density at radius 1 is 1.04 bits per heavy atom. The molecule has 1 saturated heterocycles. The van der Waals surface area contributed by atoms with Crippen molar-refractivity contribution in [2.75, 3.05) is 31.1 Å². The van der Waals surface area contributed by atoms with Gasteiger partial charge in [0.15, 0.2) is 0 Å². The smallest absolute Gasteiger partial charge is 0.277 e. The molecule has 24 heavy (non-hydrogen) atoms. The molecule has 0 radical (unpaired) electrons. The predicted octanol–water partition coefficient (Wildman–Crippen LogP) is 0.824. The minimum Gasteiger partial charge on any atom is -0.339 e. The second kappa shape index (κ2) is 7.57. The highest BCUT2D eigenvalue weighted by Gasteiger charge is 2.29. The van der Waals surface area contributed by atoms with Gasteiger partial charge in [-0.15, -0.1) is 0 Å². The molecule has 2 N–H and O–H groups in total. The zero-order chi connectivity index (χ0) is 16.9. The Balaban J connectivity index is 1.54. The molecular formula is C16H23N5O3. The highest BCUT2D eigenvalue weighted by molar-refractivity contribution is 5.92. The van der Waals surface area contributed by atoms with Gasteiger partial charge in [0.05, 0.1) is 5.56 Å². The number of carbonyl (C=O) groups is 2. The van der Waals surface area contributed by atoms with Crippen LogP contribution < -0.4 is 10.4 Å². The lowest BCUT2D eigenvalue weighted by Crippen LogP contribution is -2.51. The van der Waals surface area contributed by atoms with E-state index in [1.807, 2.05) is 9.80 Å². The van der Waals surface area contributed by atoms with Gasteiger partial charge in [0.1, 0.15) is 0 Å². The minimum atomic E-state index is -0.635. The molecule has 2 heterocycles. The first-order valence-electron chi connectivity index (χ1n) is 8.49.